The number of hydrogen-bond donors (Lipinski definition) is 0. The number of rotatable bonds is 5. The highest BCUT2D eigenvalue weighted by atomic mass is 32.2. The van der Waals surface area contributed by atoms with Crippen molar-refractivity contribution >= 4 is 18.0 Å². The molecule has 4 bridgehead atoms. The van der Waals surface area contributed by atoms with Crippen molar-refractivity contribution < 1.29 is 46.1 Å². The Morgan fingerprint density at radius 3 is 2.17 bits per heavy atom. The summed E-state index contributed by atoms with van der Waals surface area (Å²) in [5, 5.41) is 8.17. The average Bonchev–Trinajstić information content (AvgIpc) is 2.47. The minimum Gasteiger partial charge on any atom is -0.691 e. The van der Waals surface area contributed by atoms with Gasteiger partial charge in [-0.2, -0.15) is 26.3 Å². The van der Waals surface area contributed by atoms with E-state index in [4.69, 9.17) is 4.74 Å². The van der Waals surface area contributed by atoms with E-state index in [1.54, 1.807) is 0 Å². The molecule has 24 heavy (non-hydrogen) atoms. The standard InChI is InChI=1S/C13H15F5O5S/c14-12(15,24-23-22-20)10(19)21-9-7-1-6-2-8(9)5-11(3-6,4-7)13(16,17)18/h6-9,20H,1-5H2/p-1. The molecule has 4 rings (SSSR count). The molecule has 0 aliphatic heterocycles. The van der Waals surface area contributed by atoms with Gasteiger partial charge in [-0.05, 0) is 49.9 Å². The minimum atomic E-state index is -4.35. The zero-order chi connectivity index (χ0) is 17.8. The second kappa shape index (κ2) is 5.96. The van der Waals surface area contributed by atoms with E-state index in [1.807, 2.05) is 0 Å². The molecule has 4 fully saturated rings. The summed E-state index contributed by atoms with van der Waals surface area (Å²) >= 11 is -0.806. The monoisotopic (exact) mass is 377 g/mol. The highest BCUT2D eigenvalue weighted by Gasteiger charge is 2.66. The second-order valence-electron chi connectivity index (χ2n) is 6.85. The normalized spacial score (nSPS) is 38.4. The second-order valence-corrected chi connectivity index (χ2v) is 7.67. The summed E-state index contributed by atoms with van der Waals surface area (Å²) in [5.41, 5.74) is -1.79. The van der Waals surface area contributed by atoms with E-state index in [0.717, 1.165) is 0 Å². The molecule has 0 spiro atoms. The van der Waals surface area contributed by atoms with Gasteiger partial charge < -0.3 is 9.99 Å². The summed E-state index contributed by atoms with van der Waals surface area (Å²) in [7, 11) is 0. The first kappa shape index (κ1) is 18.2. The number of hydrogen-bond acceptors (Lipinski definition) is 6. The van der Waals surface area contributed by atoms with E-state index < -0.39 is 52.8 Å². The van der Waals surface area contributed by atoms with Crippen LogP contribution in [0.2, 0.25) is 0 Å². The fraction of sp³-hybridized carbons (Fsp3) is 0.923. The summed E-state index contributed by atoms with van der Waals surface area (Å²) in [4.78, 5) is 11.6. The zero-order valence-corrected chi connectivity index (χ0v) is 13.0. The van der Waals surface area contributed by atoms with Gasteiger partial charge in [0.2, 0.25) is 0 Å². The predicted octanol–water partition coefficient (Wildman–Crippen LogP) is 2.75. The summed E-state index contributed by atoms with van der Waals surface area (Å²) in [6.07, 6.45) is -4.80. The zero-order valence-electron chi connectivity index (χ0n) is 12.2. The summed E-state index contributed by atoms with van der Waals surface area (Å²) < 4.78 is 75.5. The molecule has 0 saturated heterocycles. The van der Waals surface area contributed by atoms with Crippen LogP contribution in [0.15, 0.2) is 0 Å². The molecule has 0 aromatic carbocycles. The van der Waals surface area contributed by atoms with E-state index in [2.05, 4.69) is 9.37 Å². The van der Waals surface area contributed by atoms with E-state index in [0.29, 0.717) is 12.8 Å². The van der Waals surface area contributed by atoms with Gasteiger partial charge in [-0.3, -0.25) is 5.04 Å². The first-order chi connectivity index (χ1) is 11.1. The molecule has 0 aromatic heterocycles. The first-order valence-electron chi connectivity index (χ1n) is 7.38. The Kier molecular flexibility index (Phi) is 4.51. The van der Waals surface area contributed by atoms with Crippen LogP contribution in [0.5, 0.6) is 0 Å². The first-order valence-corrected chi connectivity index (χ1v) is 8.12. The molecule has 0 aromatic rings. The maximum Gasteiger partial charge on any atom is 0.415 e. The molecule has 0 heterocycles. The van der Waals surface area contributed by atoms with Crippen molar-refractivity contribution in [2.75, 3.05) is 0 Å². The Hall–Kier alpha value is -0.650. The molecule has 138 valence electrons. The summed E-state index contributed by atoms with van der Waals surface area (Å²) in [6.45, 7) is 0. The van der Waals surface area contributed by atoms with Crippen molar-refractivity contribution in [3.8, 4) is 0 Å². The maximum absolute atomic E-state index is 13.5. The van der Waals surface area contributed by atoms with Crippen LogP contribution in [0.25, 0.3) is 0 Å². The minimum absolute atomic E-state index is 0.0604. The molecular formula is C13H14F5O5S-. The van der Waals surface area contributed by atoms with Gasteiger partial charge in [-0.1, -0.05) is 0 Å². The average molecular weight is 377 g/mol. The lowest BCUT2D eigenvalue weighted by molar-refractivity contribution is -0.777. The highest BCUT2D eigenvalue weighted by Crippen LogP contribution is 2.65. The molecule has 2 unspecified atom stereocenters. The quantitative estimate of drug-likeness (QED) is 0.241. The lowest BCUT2D eigenvalue weighted by Crippen LogP contribution is -2.59. The predicted molar refractivity (Wildman–Crippen MR) is 66.6 cm³/mol. The van der Waals surface area contributed by atoms with Gasteiger partial charge in [0.15, 0.2) is 0 Å². The van der Waals surface area contributed by atoms with Crippen molar-refractivity contribution in [2.45, 2.75) is 49.6 Å². The van der Waals surface area contributed by atoms with Crippen LogP contribution >= 0.6 is 12.0 Å². The van der Waals surface area contributed by atoms with Crippen LogP contribution in [-0.2, 0) is 18.9 Å². The molecule has 4 aliphatic rings. The van der Waals surface area contributed by atoms with E-state index >= 15 is 0 Å². The van der Waals surface area contributed by atoms with Gasteiger partial charge in [-0.15, -0.1) is 0 Å². The number of carbonyl (C=O) groups excluding carboxylic acids is 1. The Morgan fingerprint density at radius 1 is 1.08 bits per heavy atom. The van der Waals surface area contributed by atoms with E-state index in [1.165, 1.54) is 0 Å². The van der Waals surface area contributed by atoms with Gasteiger partial charge in [0.05, 0.1) is 5.41 Å². The van der Waals surface area contributed by atoms with Crippen molar-refractivity contribution in [1.82, 2.24) is 0 Å². The Morgan fingerprint density at radius 2 is 1.67 bits per heavy atom. The number of carbonyl (C=O) groups is 1. The fourth-order valence-corrected chi connectivity index (χ4v) is 5.03. The Labute approximate surface area is 137 Å². The molecule has 11 heteroatoms. The van der Waals surface area contributed by atoms with Crippen LogP contribution in [0.1, 0.15) is 32.1 Å². The van der Waals surface area contributed by atoms with Gasteiger partial charge in [0.1, 0.15) is 18.1 Å². The van der Waals surface area contributed by atoms with Gasteiger partial charge in [-0.25, -0.2) is 4.79 Å². The maximum atomic E-state index is 13.5. The van der Waals surface area contributed by atoms with Crippen LogP contribution in [0.3, 0.4) is 0 Å². The Bertz CT molecular complexity index is 497. The van der Waals surface area contributed by atoms with Gasteiger partial charge in [0.25, 0.3) is 0 Å². The van der Waals surface area contributed by atoms with Gasteiger partial charge in [0, 0.05) is 0 Å². The van der Waals surface area contributed by atoms with Crippen molar-refractivity contribution in [3.63, 3.8) is 0 Å². The smallest absolute Gasteiger partial charge is 0.415 e. The lowest BCUT2D eigenvalue weighted by Gasteiger charge is -2.59. The van der Waals surface area contributed by atoms with Crippen LogP contribution < -0.4 is 5.26 Å². The number of halogens is 5. The van der Waals surface area contributed by atoms with Crippen LogP contribution in [0, 0.1) is 23.2 Å². The lowest BCUT2D eigenvalue weighted by atomic mass is 9.48. The van der Waals surface area contributed by atoms with Crippen molar-refractivity contribution in [1.29, 1.82) is 0 Å². The number of esters is 1. The summed E-state index contributed by atoms with van der Waals surface area (Å²) in [5.74, 6) is -3.23. The molecule has 0 radical (unpaired) electrons. The highest BCUT2D eigenvalue weighted by molar-refractivity contribution is 7.96. The van der Waals surface area contributed by atoms with E-state index in [9.17, 15) is 32.0 Å². The van der Waals surface area contributed by atoms with Crippen molar-refractivity contribution in [3.05, 3.63) is 0 Å². The third kappa shape index (κ3) is 2.99. The molecular weight excluding hydrogens is 363 g/mol. The van der Waals surface area contributed by atoms with Crippen LogP contribution in [-0.4, -0.2) is 23.5 Å². The SMILES string of the molecule is O=C(OC1C2CC3CC1CC(C(F)(F)F)(C3)C2)C(F)(F)SOO[O-]. The molecule has 4 aliphatic carbocycles. The van der Waals surface area contributed by atoms with E-state index in [-0.39, 0.29) is 25.2 Å². The van der Waals surface area contributed by atoms with Gasteiger partial charge >= 0.3 is 17.4 Å². The number of alkyl halides is 5. The molecule has 0 N–H and O–H groups in total. The van der Waals surface area contributed by atoms with Crippen LogP contribution in [0.4, 0.5) is 22.0 Å². The third-order valence-corrected chi connectivity index (χ3v) is 5.93. The molecule has 4 saturated carbocycles. The van der Waals surface area contributed by atoms with Crippen molar-refractivity contribution in [2.24, 2.45) is 23.2 Å². The molecule has 0 amide bonds. The Balaban J connectivity index is 1.71. The molecule has 2 atom stereocenters. The number of ether oxygens (including phenoxy) is 1. The third-order valence-electron chi connectivity index (χ3n) is 5.44. The fourth-order valence-electron chi connectivity index (χ4n) is 4.80. The largest absolute Gasteiger partial charge is 0.691 e. The topological polar surface area (TPSA) is 67.8 Å². The summed E-state index contributed by atoms with van der Waals surface area (Å²) in [6, 6.07) is 0. The molecule has 5 nitrogen and oxygen atoms in total.